The van der Waals surface area contributed by atoms with Gasteiger partial charge in [0.25, 0.3) is 0 Å². The van der Waals surface area contributed by atoms with Gasteiger partial charge in [-0.25, -0.2) is 0 Å². The molecule has 0 aliphatic carbocycles. The van der Waals surface area contributed by atoms with E-state index in [0.717, 1.165) is 45.5 Å². The van der Waals surface area contributed by atoms with Crippen molar-refractivity contribution in [3.05, 3.63) is 303 Å². The molecule has 406 valence electrons. The molecule has 13 aromatic carbocycles. The second-order valence-electron chi connectivity index (χ2n) is 22.7. The Labute approximate surface area is 519 Å². The quantitative estimate of drug-likeness (QED) is 0.133. The summed E-state index contributed by atoms with van der Waals surface area (Å²) in [6.07, 6.45) is 0. The van der Waals surface area contributed by atoms with E-state index in [9.17, 15) is 0 Å². The van der Waals surface area contributed by atoms with E-state index in [-0.39, 0.29) is 13.4 Å². The van der Waals surface area contributed by atoms with E-state index < -0.39 is 0 Å². The zero-order chi connectivity index (χ0) is 57.1. The average molecular weight is 1160 g/mol. The van der Waals surface area contributed by atoms with Gasteiger partial charge < -0.3 is 19.6 Å². The summed E-state index contributed by atoms with van der Waals surface area (Å²) in [6, 6.07) is 113. The van der Waals surface area contributed by atoms with Crippen LogP contribution in [0.5, 0.6) is 0 Å². The van der Waals surface area contributed by atoms with Crippen LogP contribution in [0.1, 0.15) is 0 Å². The zero-order valence-electron chi connectivity index (χ0n) is 47.0. The number of hydrogen-bond donors (Lipinski definition) is 0. The maximum atomic E-state index is 2.67. The van der Waals surface area contributed by atoms with Crippen molar-refractivity contribution in [2.24, 2.45) is 0 Å². The Hall–Kier alpha value is -9.89. The smallest absolute Gasteiger partial charge is 0.249 e. The highest BCUT2D eigenvalue weighted by atomic mass is 32.2. The Kier molecular flexibility index (Phi) is 11.8. The van der Waals surface area contributed by atoms with Crippen LogP contribution < -0.4 is 52.4 Å². The first-order valence-electron chi connectivity index (χ1n) is 29.7. The van der Waals surface area contributed by atoms with Crippen LogP contribution in [0.2, 0.25) is 0 Å². The highest BCUT2D eigenvalue weighted by Gasteiger charge is 2.47. The fraction of sp³-hybridized carbons (Fsp3) is 0. The van der Waals surface area contributed by atoms with E-state index >= 15 is 0 Å². The van der Waals surface area contributed by atoms with Crippen LogP contribution in [-0.2, 0) is 0 Å². The number of anilines is 12. The number of benzene rings is 13. The maximum Gasteiger partial charge on any atom is 0.249 e. The lowest BCUT2D eigenvalue weighted by atomic mass is 9.31. The molecule has 0 atom stereocenters. The minimum absolute atomic E-state index is 0.0914. The number of rotatable bonds is 9. The van der Waals surface area contributed by atoms with Crippen molar-refractivity contribution in [1.29, 1.82) is 0 Å². The van der Waals surface area contributed by atoms with Crippen LogP contribution in [-0.4, -0.2) is 13.4 Å². The molecule has 0 unspecified atom stereocenters. The minimum atomic E-state index is -0.0914. The lowest BCUT2D eigenvalue weighted by Gasteiger charge is -2.44. The molecule has 4 aliphatic rings. The lowest BCUT2D eigenvalue weighted by Crippen LogP contribution is -2.64. The van der Waals surface area contributed by atoms with Crippen molar-refractivity contribution >= 4 is 169 Å². The third-order valence-corrected chi connectivity index (χ3v) is 21.4. The minimum Gasteiger partial charge on any atom is -0.311 e. The van der Waals surface area contributed by atoms with Gasteiger partial charge in [0.05, 0.1) is 0 Å². The van der Waals surface area contributed by atoms with E-state index in [4.69, 9.17) is 0 Å². The van der Waals surface area contributed by atoms with Gasteiger partial charge in [0.2, 0.25) is 13.4 Å². The van der Waals surface area contributed by atoms with Crippen molar-refractivity contribution in [3.8, 4) is 11.1 Å². The first-order valence-corrected chi connectivity index (χ1v) is 32.2. The lowest BCUT2D eigenvalue weighted by molar-refractivity contribution is 1.22. The van der Waals surface area contributed by atoms with E-state index in [1.165, 1.54) is 106 Å². The van der Waals surface area contributed by atoms with Crippen molar-refractivity contribution < 1.29 is 0 Å². The summed E-state index contributed by atoms with van der Waals surface area (Å²) in [5.74, 6) is 0. The van der Waals surface area contributed by atoms with Crippen LogP contribution in [0, 0.1) is 0 Å². The van der Waals surface area contributed by atoms with E-state index in [1.807, 2.05) is 34.9 Å². The molecule has 0 radical (unpaired) electrons. The van der Waals surface area contributed by atoms with Crippen molar-refractivity contribution in [2.45, 2.75) is 19.6 Å². The molecule has 0 saturated carbocycles. The second-order valence-corrected chi connectivity index (χ2v) is 25.9. The van der Waals surface area contributed by atoms with Gasteiger partial charge in [-0.15, -0.1) is 11.3 Å². The Morgan fingerprint density at radius 2 is 0.678 bits per heavy atom. The Morgan fingerprint density at radius 1 is 0.287 bits per heavy atom. The predicted octanol–water partition coefficient (Wildman–Crippen LogP) is 18.2. The van der Waals surface area contributed by atoms with Gasteiger partial charge in [-0.1, -0.05) is 210 Å². The monoisotopic (exact) mass is 1160 g/mol. The van der Waals surface area contributed by atoms with E-state index in [2.05, 4.69) is 323 Å². The van der Waals surface area contributed by atoms with Gasteiger partial charge >= 0.3 is 0 Å². The first-order chi connectivity index (χ1) is 43.2. The predicted molar refractivity (Wildman–Crippen MR) is 374 cm³/mol. The fourth-order valence-corrected chi connectivity index (χ4v) is 18.1. The fourth-order valence-electron chi connectivity index (χ4n) is 14.3. The number of fused-ring (bicyclic) bond motifs is 11. The van der Waals surface area contributed by atoms with Crippen LogP contribution in [0.25, 0.3) is 31.3 Å². The molecule has 1 aromatic heterocycles. The Morgan fingerprint density at radius 3 is 1.14 bits per heavy atom. The van der Waals surface area contributed by atoms with Crippen LogP contribution in [0.15, 0.2) is 323 Å². The highest BCUT2D eigenvalue weighted by Crippen LogP contribution is 2.53. The van der Waals surface area contributed by atoms with Gasteiger partial charge in [-0.2, -0.15) is 0 Å². The molecule has 14 aromatic rings. The third kappa shape index (κ3) is 8.03. The molecule has 18 rings (SSSR count). The molecule has 0 N–H and O–H groups in total. The van der Waals surface area contributed by atoms with Crippen LogP contribution in [0.4, 0.5) is 68.2 Å². The van der Waals surface area contributed by atoms with Gasteiger partial charge in [0.15, 0.2) is 0 Å². The summed E-state index contributed by atoms with van der Waals surface area (Å²) >= 11 is 5.81. The maximum absolute atomic E-state index is 2.67. The Balaban J connectivity index is 0.951. The number of nitrogens with zero attached hydrogens (tertiary/aromatic N) is 4. The molecule has 0 fully saturated rings. The standard InChI is InChI=1S/C78H50B2N4S3/c1-7-25-52(26-8-1)81(53-27-9-2-10-28-53)58-46-68-75-72(48-58)86-77-64(79(75)62-38-20-22-40-66(62)83(68)56-33-15-5-16-34-56)50-65-78(74(77)51-43-44-71-61(45-51)60-37-19-24-42-70(60)85-71)87-73-49-59(82(54-29-11-3-12-30-54)55-31-13-4-14-32-55)47-69-76(73)80(65)63-39-21-23-41-67(63)84(69)57-35-17-6-18-36-57/h1-50H. The molecule has 5 heterocycles. The van der Waals surface area contributed by atoms with Crippen molar-refractivity contribution in [2.75, 3.05) is 19.6 Å². The molecule has 0 saturated heterocycles. The summed E-state index contributed by atoms with van der Waals surface area (Å²) in [5, 5.41) is 2.59. The van der Waals surface area contributed by atoms with Gasteiger partial charge in [-0.05, 0) is 155 Å². The van der Waals surface area contributed by atoms with Crippen molar-refractivity contribution in [3.63, 3.8) is 0 Å². The van der Waals surface area contributed by atoms with E-state index in [1.54, 1.807) is 0 Å². The molecule has 0 amide bonds. The van der Waals surface area contributed by atoms with Gasteiger partial charge in [0.1, 0.15) is 0 Å². The molecule has 9 heteroatoms. The van der Waals surface area contributed by atoms with Gasteiger partial charge in [-0.3, -0.25) is 0 Å². The molecule has 4 aliphatic heterocycles. The number of hydrogen-bond acceptors (Lipinski definition) is 7. The summed E-state index contributed by atoms with van der Waals surface area (Å²) in [4.78, 5) is 15.0. The molecule has 0 spiro atoms. The van der Waals surface area contributed by atoms with Gasteiger partial charge in [0, 0.05) is 114 Å². The topological polar surface area (TPSA) is 13.0 Å². The molecule has 0 bridgehead atoms. The van der Waals surface area contributed by atoms with Crippen LogP contribution >= 0.6 is 34.9 Å². The molecular weight excluding hydrogens is 1110 g/mol. The van der Waals surface area contributed by atoms with Crippen molar-refractivity contribution in [1.82, 2.24) is 0 Å². The molecular formula is C78H50B2N4S3. The zero-order valence-corrected chi connectivity index (χ0v) is 49.5. The molecule has 4 nitrogen and oxygen atoms in total. The number of thiophene rings is 1. The number of para-hydroxylation sites is 8. The second kappa shape index (κ2) is 20.4. The SMILES string of the molecule is c1ccc(N(c2ccccc2)c2cc3c4c(c2)N(c2ccccc2)c2ccccc2B4c2cc4c(c(-c5ccc6sc7ccccc7c6c5)c2S3)Sc2cc(N(c3ccccc3)c3ccccc3)cc3c2B4c2ccccc2N3c2ccccc2)cc1. The summed E-state index contributed by atoms with van der Waals surface area (Å²) in [6.45, 7) is -0.183. The van der Waals surface area contributed by atoms with E-state index in [0.29, 0.717) is 0 Å². The largest absolute Gasteiger partial charge is 0.311 e. The summed E-state index contributed by atoms with van der Waals surface area (Å²) in [7, 11) is 0. The summed E-state index contributed by atoms with van der Waals surface area (Å²) < 4.78 is 2.60. The average Bonchev–Trinajstić information content (AvgIpc) is 1.04. The third-order valence-electron chi connectivity index (χ3n) is 17.9. The normalized spacial score (nSPS) is 13.1. The highest BCUT2D eigenvalue weighted by molar-refractivity contribution is 8.01. The Bertz CT molecular complexity index is 4690. The molecule has 87 heavy (non-hydrogen) atoms. The summed E-state index contributed by atoms with van der Waals surface area (Å²) in [5.41, 5.74) is 24.1. The van der Waals surface area contributed by atoms with Crippen LogP contribution in [0.3, 0.4) is 0 Å². The first kappa shape index (κ1) is 50.4.